The molecule has 1 amide bonds. The van der Waals surface area contributed by atoms with Crippen molar-refractivity contribution in [1.29, 1.82) is 0 Å². The summed E-state index contributed by atoms with van der Waals surface area (Å²) >= 11 is 0. The molecule has 0 spiro atoms. The van der Waals surface area contributed by atoms with Crippen molar-refractivity contribution in [2.24, 2.45) is 5.92 Å². The summed E-state index contributed by atoms with van der Waals surface area (Å²) in [6, 6.07) is 6.49. The number of nitrogens with zero attached hydrogens (tertiary/aromatic N) is 2. The molecule has 9 nitrogen and oxygen atoms in total. The third-order valence-electron chi connectivity index (χ3n) is 5.94. The van der Waals surface area contributed by atoms with Gasteiger partial charge in [-0.25, -0.2) is 13.4 Å². The lowest BCUT2D eigenvalue weighted by Crippen LogP contribution is -2.24. The minimum Gasteiger partial charge on any atom is -0.312 e. The van der Waals surface area contributed by atoms with E-state index >= 15 is 0 Å². The number of hydrogen-bond acceptors (Lipinski definition) is 8. The summed E-state index contributed by atoms with van der Waals surface area (Å²) in [5.74, 6) is 0.0551. The van der Waals surface area contributed by atoms with Crippen molar-refractivity contribution < 1.29 is 26.8 Å². The van der Waals surface area contributed by atoms with Gasteiger partial charge >= 0.3 is 7.60 Å². The van der Waals surface area contributed by atoms with Crippen LogP contribution >= 0.6 is 7.60 Å². The Hall–Kier alpha value is -2.13. The van der Waals surface area contributed by atoms with E-state index in [9.17, 15) is 17.8 Å². The summed E-state index contributed by atoms with van der Waals surface area (Å²) in [7, 11) is -3.97. The molecule has 11 heteroatoms. The number of amides is 1. The molecule has 1 fully saturated rings. The van der Waals surface area contributed by atoms with Crippen LogP contribution in [-0.4, -0.2) is 44.8 Å². The molecule has 180 valence electrons. The molecule has 1 N–H and O–H groups in total. The van der Waals surface area contributed by atoms with Gasteiger partial charge in [-0.05, 0) is 30.0 Å². The quantitative estimate of drug-likeness (QED) is 0.487. The Bertz CT molecular complexity index is 1090. The van der Waals surface area contributed by atoms with E-state index in [0.29, 0.717) is 18.0 Å². The smallest absolute Gasteiger partial charge is 0.312 e. The van der Waals surface area contributed by atoms with Crippen LogP contribution in [0.25, 0.3) is 0 Å². The largest absolute Gasteiger partial charge is 0.336 e. The summed E-state index contributed by atoms with van der Waals surface area (Å²) in [6.45, 7) is 0. The highest BCUT2D eigenvalue weighted by Crippen LogP contribution is 2.49. The van der Waals surface area contributed by atoms with Gasteiger partial charge in [0, 0.05) is 20.5 Å². The first-order valence-electron chi connectivity index (χ1n) is 10.8. The fraction of sp³-hybridized carbons (Fsp3) is 0.500. The molecule has 2 aromatic rings. The SMILES string of the molecule is COP(=O)(Cc1cnc(NC(=O)[C@H](CC2CCCC2)c2ccc(S(C)(=O)=O)cc2)cn1)OC. The van der Waals surface area contributed by atoms with E-state index in [0.717, 1.165) is 37.5 Å². The zero-order valence-electron chi connectivity index (χ0n) is 19.1. The van der Waals surface area contributed by atoms with Crippen molar-refractivity contribution in [3.8, 4) is 0 Å². The van der Waals surface area contributed by atoms with Crippen LogP contribution in [0.3, 0.4) is 0 Å². The molecule has 1 heterocycles. The monoisotopic (exact) mass is 495 g/mol. The van der Waals surface area contributed by atoms with Crippen LogP contribution in [0.4, 0.5) is 5.82 Å². The molecular weight excluding hydrogens is 465 g/mol. The van der Waals surface area contributed by atoms with Crippen LogP contribution in [0.5, 0.6) is 0 Å². The van der Waals surface area contributed by atoms with Gasteiger partial charge in [0.2, 0.25) is 5.91 Å². The minimum atomic E-state index is -3.31. The van der Waals surface area contributed by atoms with Crippen molar-refractivity contribution in [3.05, 3.63) is 47.9 Å². The highest BCUT2D eigenvalue weighted by atomic mass is 32.2. The topological polar surface area (TPSA) is 125 Å². The van der Waals surface area contributed by atoms with Gasteiger partial charge in [-0.3, -0.25) is 14.3 Å². The molecule has 1 aliphatic carbocycles. The van der Waals surface area contributed by atoms with Crippen molar-refractivity contribution >= 4 is 29.2 Å². The molecule has 1 saturated carbocycles. The van der Waals surface area contributed by atoms with Crippen LogP contribution in [0, 0.1) is 5.92 Å². The van der Waals surface area contributed by atoms with Gasteiger partial charge < -0.3 is 14.4 Å². The lowest BCUT2D eigenvalue weighted by Gasteiger charge is -2.21. The average Bonchev–Trinajstić information content (AvgIpc) is 3.31. The van der Waals surface area contributed by atoms with Crippen molar-refractivity contribution in [2.45, 2.75) is 49.1 Å². The van der Waals surface area contributed by atoms with Crippen molar-refractivity contribution in [2.75, 3.05) is 25.8 Å². The summed E-state index contributed by atoms with van der Waals surface area (Å²) in [6.07, 6.45) is 9.12. The van der Waals surface area contributed by atoms with E-state index in [1.807, 2.05) is 0 Å². The third-order valence-corrected chi connectivity index (χ3v) is 8.89. The van der Waals surface area contributed by atoms with Gasteiger partial charge in [0.05, 0.1) is 35.1 Å². The highest BCUT2D eigenvalue weighted by Gasteiger charge is 2.28. The Balaban J connectivity index is 1.76. The maximum absolute atomic E-state index is 13.2. The second-order valence-electron chi connectivity index (χ2n) is 8.30. The third kappa shape index (κ3) is 6.93. The maximum Gasteiger partial charge on any atom is 0.336 e. The predicted molar refractivity (Wildman–Crippen MR) is 125 cm³/mol. The number of carbonyl (C=O) groups excluding carboxylic acids is 1. The Kier molecular flexibility index (Phi) is 8.39. The van der Waals surface area contributed by atoms with Gasteiger partial charge in [-0.1, -0.05) is 37.8 Å². The molecule has 33 heavy (non-hydrogen) atoms. The standard InChI is InChI=1S/C22H30N3O6PS/c1-30-32(27,31-2)15-18-13-24-21(14-23-18)25-22(26)20(12-16-6-4-5-7-16)17-8-10-19(11-9-17)33(3,28)29/h8-11,13-14,16,20H,4-7,12,15H2,1-3H3,(H,24,25,26)/t20-/m1/s1. The number of carbonyl (C=O) groups is 1. The number of benzene rings is 1. The molecule has 0 bridgehead atoms. The summed E-state index contributed by atoms with van der Waals surface area (Å²) < 4.78 is 45.7. The molecule has 1 aromatic heterocycles. The van der Waals surface area contributed by atoms with Crippen LogP contribution < -0.4 is 5.32 Å². The van der Waals surface area contributed by atoms with Gasteiger partial charge in [0.15, 0.2) is 15.7 Å². The van der Waals surface area contributed by atoms with E-state index in [1.54, 1.807) is 12.1 Å². The number of sulfone groups is 1. The van der Waals surface area contributed by atoms with Gasteiger partial charge in [0.25, 0.3) is 0 Å². The Labute approximate surface area is 194 Å². The number of rotatable bonds is 10. The van der Waals surface area contributed by atoms with Gasteiger partial charge in [-0.15, -0.1) is 0 Å². The molecule has 1 aliphatic rings. The zero-order chi connectivity index (χ0) is 24.1. The first-order chi connectivity index (χ1) is 15.6. The number of aromatic nitrogens is 2. The molecule has 0 saturated heterocycles. The fourth-order valence-corrected chi connectivity index (χ4v) is 5.64. The van der Waals surface area contributed by atoms with E-state index < -0.39 is 23.4 Å². The number of hydrogen-bond donors (Lipinski definition) is 1. The predicted octanol–water partition coefficient (Wildman–Crippen LogP) is 4.17. The lowest BCUT2D eigenvalue weighted by molar-refractivity contribution is -0.118. The van der Waals surface area contributed by atoms with E-state index in [4.69, 9.17) is 9.05 Å². The van der Waals surface area contributed by atoms with Crippen LogP contribution in [-0.2, 0) is 34.4 Å². The average molecular weight is 496 g/mol. The van der Waals surface area contributed by atoms with Crippen molar-refractivity contribution in [1.82, 2.24) is 9.97 Å². The Morgan fingerprint density at radius 1 is 1.12 bits per heavy atom. The van der Waals surface area contributed by atoms with E-state index in [-0.39, 0.29) is 22.8 Å². The normalized spacial score (nSPS) is 16.0. The van der Waals surface area contributed by atoms with Gasteiger partial charge in [-0.2, -0.15) is 0 Å². The summed E-state index contributed by atoms with van der Waals surface area (Å²) in [5, 5.41) is 2.81. The van der Waals surface area contributed by atoms with Crippen molar-refractivity contribution in [3.63, 3.8) is 0 Å². The molecule has 0 unspecified atom stereocenters. The fourth-order valence-electron chi connectivity index (χ4n) is 4.04. The van der Waals surface area contributed by atoms with Crippen LogP contribution in [0.15, 0.2) is 41.6 Å². The first-order valence-corrected chi connectivity index (χ1v) is 14.4. The number of anilines is 1. The minimum absolute atomic E-state index is 0.0295. The van der Waals surface area contributed by atoms with Gasteiger partial charge in [0.1, 0.15) is 0 Å². The summed E-state index contributed by atoms with van der Waals surface area (Å²) in [5.41, 5.74) is 1.18. The van der Waals surface area contributed by atoms with E-state index in [1.165, 1.54) is 38.7 Å². The Morgan fingerprint density at radius 3 is 2.27 bits per heavy atom. The zero-order valence-corrected chi connectivity index (χ0v) is 20.8. The molecular formula is C22H30N3O6PS. The Morgan fingerprint density at radius 2 is 1.76 bits per heavy atom. The summed E-state index contributed by atoms with van der Waals surface area (Å²) in [4.78, 5) is 21.9. The van der Waals surface area contributed by atoms with Crippen LogP contribution in [0.1, 0.15) is 49.3 Å². The number of nitrogens with one attached hydrogen (secondary N) is 1. The maximum atomic E-state index is 13.2. The molecule has 1 atom stereocenters. The second kappa shape index (κ2) is 10.9. The first kappa shape index (κ1) is 25.5. The van der Waals surface area contributed by atoms with E-state index in [2.05, 4.69) is 15.3 Å². The molecule has 1 aromatic carbocycles. The molecule has 0 aliphatic heterocycles. The highest BCUT2D eigenvalue weighted by molar-refractivity contribution is 7.90. The lowest BCUT2D eigenvalue weighted by atomic mass is 9.87. The molecule has 3 rings (SSSR count). The van der Waals surface area contributed by atoms with Crippen LogP contribution in [0.2, 0.25) is 0 Å². The molecule has 0 radical (unpaired) electrons. The second-order valence-corrected chi connectivity index (χ2v) is 12.6.